The highest BCUT2D eigenvalue weighted by atomic mass is 16.5. The monoisotopic (exact) mass is 281 g/mol. The smallest absolute Gasteiger partial charge is 0.159 e. The molecule has 0 aromatic heterocycles. The largest absolute Gasteiger partial charge is 0.496 e. The van der Waals surface area contributed by atoms with E-state index in [9.17, 15) is 4.79 Å². The van der Waals surface area contributed by atoms with Crippen molar-refractivity contribution in [2.45, 2.75) is 13.5 Å². The molecule has 0 atom stereocenters. The van der Waals surface area contributed by atoms with Gasteiger partial charge in [0, 0.05) is 11.1 Å². The Morgan fingerprint density at radius 2 is 1.90 bits per heavy atom. The topological polar surface area (TPSA) is 59.3 Å². The highest BCUT2D eigenvalue weighted by molar-refractivity contribution is 5.94. The number of benzene rings is 2. The van der Waals surface area contributed by atoms with Crippen molar-refractivity contribution in [2.75, 3.05) is 7.11 Å². The zero-order chi connectivity index (χ0) is 15.2. The fourth-order valence-corrected chi connectivity index (χ4v) is 1.91. The highest BCUT2D eigenvalue weighted by Crippen LogP contribution is 2.22. The van der Waals surface area contributed by atoms with Gasteiger partial charge in [0.1, 0.15) is 18.1 Å². The Kier molecular flexibility index (Phi) is 4.57. The molecular weight excluding hydrogens is 266 g/mol. The van der Waals surface area contributed by atoms with Gasteiger partial charge in [-0.3, -0.25) is 4.79 Å². The Morgan fingerprint density at radius 1 is 1.19 bits per heavy atom. The Hall–Kier alpha value is -2.80. The average Bonchev–Trinajstić information content (AvgIpc) is 2.52. The van der Waals surface area contributed by atoms with Crippen LogP contribution in [0.5, 0.6) is 11.5 Å². The standard InChI is InChI=1S/C17H15NO3/c1-12(19)14-4-6-16(7-5-14)21-11-15-9-13(10-18)3-8-17(15)20-2/h3-9H,11H2,1-2H3. The molecule has 0 N–H and O–H groups in total. The van der Waals surface area contributed by atoms with E-state index in [0.717, 1.165) is 5.56 Å². The summed E-state index contributed by atoms with van der Waals surface area (Å²) < 4.78 is 10.9. The molecule has 0 unspecified atom stereocenters. The Balaban J connectivity index is 2.12. The zero-order valence-electron chi connectivity index (χ0n) is 11.9. The van der Waals surface area contributed by atoms with Crippen LogP contribution >= 0.6 is 0 Å². The fraction of sp³-hybridized carbons (Fsp3) is 0.176. The van der Waals surface area contributed by atoms with Crippen molar-refractivity contribution in [3.05, 3.63) is 59.2 Å². The number of nitrogens with zero attached hydrogens (tertiary/aromatic N) is 1. The summed E-state index contributed by atoms with van der Waals surface area (Å²) in [6, 6.07) is 14.2. The average molecular weight is 281 g/mol. The number of Topliss-reactive ketones (excluding diaryl/α,β-unsaturated/α-hetero) is 1. The van der Waals surface area contributed by atoms with E-state index in [1.165, 1.54) is 6.92 Å². The van der Waals surface area contributed by atoms with Crippen LogP contribution < -0.4 is 9.47 Å². The number of ether oxygens (including phenoxy) is 2. The molecule has 0 aliphatic heterocycles. The highest BCUT2D eigenvalue weighted by Gasteiger charge is 2.06. The molecule has 2 aromatic rings. The van der Waals surface area contributed by atoms with E-state index in [2.05, 4.69) is 6.07 Å². The molecule has 0 saturated carbocycles. The maximum Gasteiger partial charge on any atom is 0.159 e. The molecule has 0 saturated heterocycles. The van der Waals surface area contributed by atoms with E-state index in [-0.39, 0.29) is 12.4 Å². The summed E-state index contributed by atoms with van der Waals surface area (Å²) in [7, 11) is 1.58. The summed E-state index contributed by atoms with van der Waals surface area (Å²) in [5.41, 5.74) is 2.00. The van der Waals surface area contributed by atoms with Gasteiger partial charge in [-0.2, -0.15) is 5.26 Å². The van der Waals surface area contributed by atoms with Crippen LogP contribution in [0.4, 0.5) is 0 Å². The fourth-order valence-electron chi connectivity index (χ4n) is 1.91. The quantitative estimate of drug-likeness (QED) is 0.788. The van der Waals surface area contributed by atoms with Gasteiger partial charge in [0.2, 0.25) is 0 Å². The van der Waals surface area contributed by atoms with E-state index in [1.54, 1.807) is 49.6 Å². The van der Waals surface area contributed by atoms with Gasteiger partial charge in [0.05, 0.1) is 18.7 Å². The summed E-state index contributed by atoms with van der Waals surface area (Å²) in [5.74, 6) is 1.35. The molecule has 0 aliphatic carbocycles. The molecule has 0 radical (unpaired) electrons. The predicted octanol–water partition coefficient (Wildman–Crippen LogP) is 3.35. The first-order chi connectivity index (χ1) is 10.1. The number of nitriles is 1. The second-order valence-electron chi connectivity index (χ2n) is 4.51. The summed E-state index contributed by atoms with van der Waals surface area (Å²) in [4.78, 5) is 11.2. The predicted molar refractivity (Wildman–Crippen MR) is 78.5 cm³/mol. The first-order valence-corrected chi connectivity index (χ1v) is 6.45. The number of carbonyl (C=O) groups excluding carboxylic acids is 1. The van der Waals surface area contributed by atoms with Crippen LogP contribution in [0.15, 0.2) is 42.5 Å². The number of hydrogen-bond donors (Lipinski definition) is 0. The lowest BCUT2D eigenvalue weighted by molar-refractivity contribution is 0.101. The lowest BCUT2D eigenvalue weighted by Crippen LogP contribution is -2.00. The molecule has 4 nitrogen and oxygen atoms in total. The normalized spacial score (nSPS) is 9.76. The van der Waals surface area contributed by atoms with Gasteiger partial charge >= 0.3 is 0 Å². The van der Waals surface area contributed by atoms with Crippen molar-refractivity contribution in [3.8, 4) is 17.6 Å². The van der Waals surface area contributed by atoms with Crippen LogP contribution in [0, 0.1) is 11.3 Å². The van der Waals surface area contributed by atoms with Gasteiger partial charge in [-0.15, -0.1) is 0 Å². The molecule has 2 aromatic carbocycles. The zero-order valence-corrected chi connectivity index (χ0v) is 11.9. The van der Waals surface area contributed by atoms with Crippen molar-refractivity contribution in [2.24, 2.45) is 0 Å². The summed E-state index contributed by atoms with van der Waals surface area (Å²) in [5, 5.41) is 8.93. The number of methoxy groups -OCH3 is 1. The molecule has 2 rings (SSSR count). The minimum atomic E-state index is 0.0185. The minimum absolute atomic E-state index is 0.0185. The van der Waals surface area contributed by atoms with Crippen LogP contribution in [-0.2, 0) is 6.61 Å². The van der Waals surface area contributed by atoms with E-state index < -0.39 is 0 Å². The van der Waals surface area contributed by atoms with Crippen LogP contribution in [0.25, 0.3) is 0 Å². The van der Waals surface area contributed by atoms with E-state index >= 15 is 0 Å². The number of carbonyl (C=O) groups is 1. The minimum Gasteiger partial charge on any atom is -0.496 e. The SMILES string of the molecule is COc1ccc(C#N)cc1COc1ccc(C(C)=O)cc1. The number of rotatable bonds is 5. The third-order valence-corrected chi connectivity index (χ3v) is 3.06. The summed E-state index contributed by atoms with van der Waals surface area (Å²) in [6.45, 7) is 1.81. The molecular formula is C17H15NO3. The lowest BCUT2D eigenvalue weighted by Gasteiger charge is -2.10. The molecule has 0 heterocycles. The van der Waals surface area contributed by atoms with Crippen molar-refractivity contribution in [3.63, 3.8) is 0 Å². The molecule has 4 heteroatoms. The Labute approximate surface area is 123 Å². The second-order valence-corrected chi connectivity index (χ2v) is 4.51. The van der Waals surface area contributed by atoms with Gasteiger partial charge in [-0.25, -0.2) is 0 Å². The first kappa shape index (κ1) is 14.6. The molecule has 106 valence electrons. The Bertz CT molecular complexity index is 684. The molecule has 0 fully saturated rings. The van der Waals surface area contributed by atoms with Gasteiger partial charge < -0.3 is 9.47 Å². The van der Waals surface area contributed by atoms with Crippen LogP contribution in [-0.4, -0.2) is 12.9 Å². The third kappa shape index (κ3) is 3.61. The maximum absolute atomic E-state index is 11.2. The maximum atomic E-state index is 11.2. The van der Waals surface area contributed by atoms with Crippen molar-refractivity contribution in [1.82, 2.24) is 0 Å². The van der Waals surface area contributed by atoms with Crippen LogP contribution in [0.2, 0.25) is 0 Å². The van der Waals surface area contributed by atoms with Crippen molar-refractivity contribution < 1.29 is 14.3 Å². The van der Waals surface area contributed by atoms with Crippen LogP contribution in [0.1, 0.15) is 28.4 Å². The first-order valence-electron chi connectivity index (χ1n) is 6.45. The number of hydrogen-bond acceptors (Lipinski definition) is 4. The lowest BCUT2D eigenvalue weighted by atomic mass is 10.1. The second kappa shape index (κ2) is 6.58. The Morgan fingerprint density at radius 3 is 2.48 bits per heavy atom. The van der Waals surface area contributed by atoms with Gasteiger partial charge in [0.25, 0.3) is 0 Å². The van der Waals surface area contributed by atoms with E-state index in [0.29, 0.717) is 22.6 Å². The van der Waals surface area contributed by atoms with Gasteiger partial charge in [0.15, 0.2) is 5.78 Å². The summed E-state index contributed by atoms with van der Waals surface area (Å²) in [6.07, 6.45) is 0. The summed E-state index contributed by atoms with van der Waals surface area (Å²) >= 11 is 0. The molecule has 0 aliphatic rings. The van der Waals surface area contributed by atoms with Gasteiger partial charge in [-0.1, -0.05) is 0 Å². The van der Waals surface area contributed by atoms with Crippen molar-refractivity contribution >= 4 is 5.78 Å². The van der Waals surface area contributed by atoms with E-state index in [1.807, 2.05) is 0 Å². The van der Waals surface area contributed by atoms with Crippen molar-refractivity contribution in [1.29, 1.82) is 5.26 Å². The van der Waals surface area contributed by atoms with Crippen LogP contribution in [0.3, 0.4) is 0 Å². The molecule has 0 amide bonds. The molecule has 21 heavy (non-hydrogen) atoms. The van der Waals surface area contributed by atoms with E-state index in [4.69, 9.17) is 14.7 Å². The number of ketones is 1. The third-order valence-electron chi connectivity index (χ3n) is 3.06. The molecule has 0 bridgehead atoms. The molecule has 0 spiro atoms. The van der Waals surface area contributed by atoms with Gasteiger partial charge in [-0.05, 0) is 49.4 Å².